The van der Waals surface area contributed by atoms with Gasteiger partial charge in [0, 0.05) is 6.42 Å². The molecule has 0 bridgehead atoms. The predicted octanol–water partition coefficient (Wildman–Crippen LogP) is 4.30. The number of ether oxygens (including phenoxy) is 2. The summed E-state index contributed by atoms with van der Waals surface area (Å²) in [4.78, 5) is 0. The first-order valence-corrected chi connectivity index (χ1v) is 8.99. The van der Waals surface area contributed by atoms with Gasteiger partial charge in [-0.25, -0.2) is 0 Å². The standard InChI is InChI=1S/C23H25NO3.ClH/c1-26-22-15-19(23(24)20(25)14-17-8-4-2-5-9-17)12-13-21(22)27-16-18-10-6-3-7-11-18;/h2-13,15,20,23,25H,14,16,24H2,1H3;1H/t20-,23+;/m1./s1. The second-order valence-corrected chi connectivity index (χ2v) is 6.47. The van der Waals surface area contributed by atoms with Gasteiger partial charge in [-0.1, -0.05) is 66.7 Å². The van der Waals surface area contributed by atoms with Crippen LogP contribution in [0, 0.1) is 0 Å². The Hall–Kier alpha value is -2.53. The maximum atomic E-state index is 10.5. The molecular weight excluding hydrogens is 374 g/mol. The van der Waals surface area contributed by atoms with Crippen molar-refractivity contribution >= 4 is 12.4 Å². The van der Waals surface area contributed by atoms with Gasteiger partial charge < -0.3 is 20.3 Å². The molecule has 0 aromatic heterocycles. The zero-order valence-corrected chi connectivity index (χ0v) is 16.6. The maximum absolute atomic E-state index is 10.5. The van der Waals surface area contributed by atoms with Crippen LogP contribution in [0.15, 0.2) is 78.9 Å². The van der Waals surface area contributed by atoms with Gasteiger partial charge in [-0.3, -0.25) is 0 Å². The highest BCUT2D eigenvalue weighted by Crippen LogP contribution is 2.31. The Morgan fingerprint density at radius 2 is 1.46 bits per heavy atom. The Morgan fingerprint density at radius 1 is 0.857 bits per heavy atom. The molecule has 0 radical (unpaired) electrons. The molecule has 3 aromatic rings. The summed E-state index contributed by atoms with van der Waals surface area (Å²) in [5, 5.41) is 10.5. The fourth-order valence-corrected chi connectivity index (χ4v) is 2.95. The highest BCUT2D eigenvalue weighted by molar-refractivity contribution is 5.85. The molecule has 0 fully saturated rings. The van der Waals surface area contributed by atoms with Crippen molar-refractivity contribution in [3.8, 4) is 11.5 Å². The van der Waals surface area contributed by atoms with Crippen molar-refractivity contribution in [3.63, 3.8) is 0 Å². The van der Waals surface area contributed by atoms with Gasteiger partial charge in [0.2, 0.25) is 0 Å². The first kappa shape index (κ1) is 21.8. The fourth-order valence-electron chi connectivity index (χ4n) is 2.95. The molecule has 148 valence electrons. The number of methoxy groups -OCH3 is 1. The van der Waals surface area contributed by atoms with Crippen LogP contribution in [0.4, 0.5) is 0 Å². The minimum atomic E-state index is -0.687. The molecule has 0 unspecified atom stereocenters. The van der Waals surface area contributed by atoms with Crippen molar-refractivity contribution in [2.45, 2.75) is 25.2 Å². The van der Waals surface area contributed by atoms with Crippen molar-refractivity contribution in [2.75, 3.05) is 7.11 Å². The molecule has 0 saturated heterocycles. The Bertz CT molecular complexity index is 843. The number of halogens is 1. The summed E-state index contributed by atoms with van der Waals surface area (Å²) >= 11 is 0. The van der Waals surface area contributed by atoms with Crippen molar-refractivity contribution in [2.24, 2.45) is 5.73 Å². The van der Waals surface area contributed by atoms with E-state index in [-0.39, 0.29) is 12.4 Å². The Kier molecular flexibility index (Phi) is 8.33. The Labute approximate surface area is 172 Å². The van der Waals surface area contributed by atoms with Crippen LogP contribution in [0.5, 0.6) is 11.5 Å². The number of nitrogens with two attached hydrogens (primary N) is 1. The van der Waals surface area contributed by atoms with Crippen molar-refractivity contribution < 1.29 is 14.6 Å². The lowest BCUT2D eigenvalue weighted by Gasteiger charge is -2.21. The molecule has 3 N–H and O–H groups in total. The largest absolute Gasteiger partial charge is 0.493 e. The summed E-state index contributed by atoms with van der Waals surface area (Å²) in [6, 6.07) is 24.8. The molecule has 0 saturated carbocycles. The van der Waals surface area contributed by atoms with Gasteiger partial charge >= 0.3 is 0 Å². The van der Waals surface area contributed by atoms with Crippen LogP contribution in [0.1, 0.15) is 22.7 Å². The second-order valence-electron chi connectivity index (χ2n) is 6.47. The van der Waals surface area contributed by atoms with Gasteiger partial charge in [-0.2, -0.15) is 0 Å². The molecule has 5 heteroatoms. The Balaban J connectivity index is 0.00000280. The van der Waals surface area contributed by atoms with E-state index in [0.717, 1.165) is 16.7 Å². The van der Waals surface area contributed by atoms with E-state index in [1.807, 2.05) is 78.9 Å². The lowest BCUT2D eigenvalue weighted by molar-refractivity contribution is 0.145. The third-order valence-electron chi connectivity index (χ3n) is 4.51. The fraction of sp³-hybridized carbons (Fsp3) is 0.217. The van der Waals surface area contributed by atoms with Crippen LogP contribution in [0.25, 0.3) is 0 Å². The summed E-state index contributed by atoms with van der Waals surface area (Å²) in [5.74, 6) is 1.25. The van der Waals surface area contributed by atoms with Crippen LogP contribution in [0.3, 0.4) is 0 Å². The Morgan fingerprint density at radius 3 is 2.07 bits per heavy atom. The van der Waals surface area contributed by atoms with E-state index in [0.29, 0.717) is 24.5 Å². The minimum absolute atomic E-state index is 0. The van der Waals surface area contributed by atoms with Gasteiger partial charge in [0.25, 0.3) is 0 Å². The van der Waals surface area contributed by atoms with E-state index in [1.165, 1.54) is 0 Å². The maximum Gasteiger partial charge on any atom is 0.161 e. The minimum Gasteiger partial charge on any atom is -0.493 e. The zero-order valence-electron chi connectivity index (χ0n) is 15.8. The summed E-state index contributed by atoms with van der Waals surface area (Å²) < 4.78 is 11.3. The molecule has 4 nitrogen and oxygen atoms in total. The smallest absolute Gasteiger partial charge is 0.161 e. The number of aliphatic hydroxyl groups excluding tert-OH is 1. The third-order valence-corrected chi connectivity index (χ3v) is 4.51. The van der Waals surface area contributed by atoms with Gasteiger partial charge in [-0.05, 0) is 28.8 Å². The van der Waals surface area contributed by atoms with Crippen LogP contribution < -0.4 is 15.2 Å². The molecule has 28 heavy (non-hydrogen) atoms. The van der Waals surface area contributed by atoms with E-state index in [1.54, 1.807) is 7.11 Å². The molecule has 2 atom stereocenters. The molecule has 3 aromatic carbocycles. The average molecular weight is 400 g/mol. The molecule has 0 aliphatic rings. The van der Waals surface area contributed by atoms with Crippen molar-refractivity contribution in [1.82, 2.24) is 0 Å². The van der Waals surface area contributed by atoms with E-state index >= 15 is 0 Å². The molecule has 0 spiro atoms. The van der Waals surface area contributed by atoms with Gasteiger partial charge in [-0.15, -0.1) is 12.4 Å². The molecule has 0 aliphatic carbocycles. The number of benzene rings is 3. The highest BCUT2D eigenvalue weighted by Gasteiger charge is 2.19. The predicted molar refractivity (Wildman–Crippen MR) is 114 cm³/mol. The van der Waals surface area contributed by atoms with Gasteiger partial charge in [0.05, 0.1) is 19.3 Å². The molecular formula is C23H26ClNO3. The monoisotopic (exact) mass is 399 g/mol. The first-order chi connectivity index (χ1) is 13.2. The van der Waals surface area contributed by atoms with E-state index < -0.39 is 12.1 Å². The lowest BCUT2D eigenvalue weighted by Crippen LogP contribution is -2.28. The SMILES string of the molecule is COc1cc([C@H](N)[C@H](O)Cc2ccccc2)ccc1OCc1ccccc1.Cl. The number of hydrogen-bond acceptors (Lipinski definition) is 4. The first-order valence-electron chi connectivity index (χ1n) is 8.99. The summed E-state index contributed by atoms with van der Waals surface area (Å²) in [5.41, 5.74) is 9.22. The molecule has 0 amide bonds. The van der Waals surface area contributed by atoms with Crippen LogP contribution >= 0.6 is 12.4 Å². The number of hydrogen-bond donors (Lipinski definition) is 2. The van der Waals surface area contributed by atoms with Gasteiger partial charge in [0.1, 0.15) is 6.61 Å². The average Bonchev–Trinajstić information content (AvgIpc) is 2.73. The van der Waals surface area contributed by atoms with E-state index in [2.05, 4.69) is 0 Å². The van der Waals surface area contributed by atoms with Gasteiger partial charge in [0.15, 0.2) is 11.5 Å². The zero-order chi connectivity index (χ0) is 19.1. The van der Waals surface area contributed by atoms with Crippen molar-refractivity contribution in [3.05, 3.63) is 95.6 Å². The van der Waals surface area contributed by atoms with E-state index in [9.17, 15) is 5.11 Å². The van der Waals surface area contributed by atoms with Crippen molar-refractivity contribution in [1.29, 1.82) is 0 Å². The highest BCUT2D eigenvalue weighted by atomic mass is 35.5. The normalized spacial score (nSPS) is 12.5. The van der Waals surface area contributed by atoms with Crippen LogP contribution in [0.2, 0.25) is 0 Å². The molecule has 3 rings (SSSR count). The molecule has 0 aliphatic heterocycles. The quantitative estimate of drug-likeness (QED) is 0.592. The summed E-state index contributed by atoms with van der Waals surface area (Å²) in [7, 11) is 1.60. The number of rotatable bonds is 8. The molecule has 0 heterocycles. The summed E-state index contributed by atoms with van der Waals surface area (Å²) in [6.07, 6.45) is -0.190. The summed E-state index contributed by atoms with van der Waals surface area (Å²) in [6.45, 7) is 0.458. The second kappa shape index (κ2) is 10.7. The van der Waals surface area contributed by atoms with Crippen LogP contribution in [-0.2, 0) is 13.0 Å². The lowest BCUT2D eigenvalue weighted by atomic mass is 9.96. The van der Waals surface area contributed by atoms with Crippen LogP contribution in [-0.4, -0.2) is 18.3 Å². The van der Waals surface area contributed by atoms with E-state index in [4.69, 9.17) is 15.2 Å². The topological polar surface area (TPSA) is 64.7 Å². The third kappa shape index (κ3) is 5.73. The number of aliphatic hydroxyl groups is 1.